The molecule has 2 unspecified atom stereocenters. The minimum Gasteiger partial charge on any atom is -0.475 e. The number of nitrogens with one attached hydrogen (secondary N) is 1. The number of ether oxygens (including phenoxy) is 1. The van der Waals surface area contributed by atoms with Crippen molar-refractivity contribution in [3.63, 3.8) is 0 Å². The monoisotopic (exact) mass is 213 g/mol. The molecule has 0 saturated carbocycles. The van der Waals surface area contributed by atoms with Gasteiger partial charge in [0.25, 0.3) is 5.82 Å². The Labute approximate surface area is 85.4 Å². The van der Waals surface area contributed by atoms with Crippen LogP contribution in [0.2, 0.25) is 0 Å². The van der Waals surface area contributed by atoms with Gasteiger partial charge in [0.2, 0.25) is 5.89 Å². The quantitative estimate of drug-likeness (QED) is 0.718. The van der Waals surface area contributed by atoms with Crippen LogP contribution in [0.15, 0.2) is 4.52 Å². The lowest BCUT2D eigenvalue weighted by Crippen LogP contribution is -2.16. The standard InChI is InChI=1S/C8H11N3O4/c1-14-4-2-5(9-3-4)7-10-6(8(12)13)11-15-7/h4-5,9H,2-3H2,1H3,(H,12,13). The molecule has 2 atom stereocenters. The first-order valence-electron chi connectivity index (χ1n) is 4.53. The summed E-state index contributed by atoms with van der Waals surface area (Å²) in [5, 5.41) is 15.1. The highest BCUT2D eigenvalue weighted by Crippen LogP contribution is 2.23. The van der Waals surface area contributed by atoms with Gasteiger partial charge in [0, 0.05) is 13.7 Å². The van der Waals surface area contributed by atoms with Crippen molar-refractivity contribution < 1.29 is 19.2 Å². The molecule has 1 aliphatic rings. The summed E-state index contributed by atoms with van der Waals surface area (Å²) in [7, 11) is 1.63. The molecule has 2 heterocycles. The van der Waals surface area contributed by atoms with Crippen molar-refractivity contribution in [1.29, 1.82) is 0 Å². The molecule has 0 spiro atoms. The van der Waals surface area contributed by atoms with Gasteiger partial charge in [0.05, 0.1) is 12.1 Å². The highest BCUT2D eigenvalue weighted by molar-refractivity contribution is 5.82. The Kier molecular flexibility index (Phi) is 2.65. The van der Waals surface area contributed by atoms with Crippen LogP contribution in [0.25, 0.3) is 0 Å². The lowest BCUT2D eigenvalue weighted by Gasteiger charge is -2.03. The lowest BCUT2D eigenvalue weighted by molar-refractivity contribution is 0.0680. The van der Waals surface area contributed by atoms with E-state index >= 15 is 0 Å². The number of aromatic nitrogens is 2. The van der Waals surface area contributed by atoms with Crippen LogP contribution in [0.4, 0.5) is 0 Å². The Bertz CT molecular complexity index is 365. The van der Waals surface area contributed by atoms with E-state index in [4.69, 9.17) is 14.4 Å². The first-order valence-corrected chi connectivity index (χ1v) is 4.53. The Morgan fingerprint density at radius 1 is 1.73 bits per heavy atom. The van der Waals surface area contributed by atoms with Crippen molar-refractivity contribution in [3.8, 4) is 0 Å². The summed E-state index contributed by atoms with van der Waals surface area (Å²) < 4.78 is 9.99. The Balaban J connectivity index is 2.07. The number of carbonyl (C=O) groups is 1. The fourth-order valence-corrected chi connectivity index (χ4v) is 1.53. The van der Waals surface area contributed by atoms with Gasteiger partial charge in [-0.05, 0) is 11.6 Å². The van der Waals surface area contributed by atoms with Gasteiger partial charge in [-0.15, -0.1) is 0 Å². The SMILES string of the molecule is COC1CNC(c2nc(C(=O)O)no2)C1. The van der Waals surface area contributed by atoms with Gasteiger partial charge >= 0.3 is 5.97 Å². The highest BCUT2D eigenvalue weighted by Gasteiger charge is 2.30. The number of rotatable bonds is 3. The predicted octanol–water partition coefficient (Wildman–Crippen LogP) is -0.183. The van der Waals surface area contributed by atoms with Crippen LogP contribution >= 0.6 is 0 Å². The predicted molar refractivity (Wildman–Crippen MR) is 47.4 cm³/mol. The van der Waals surface area contributed by atoms with Crippen LogP contribution in [0, 0.1) is 0 Å². The number of carboxylic acids is 1. The number of aromatic carboxylic acids is 1. The highest BCUT2D eigenvalue weighted by atomic mass is 16.5. The molecule has 1 saturated heterocycles. The number of nitrogens with zero attached hydrogens (tertiary/aromatic N) is 2. The van der Waals surface area contributed by atoms with Gasteiger partial charge in [-0.2, -0.15) is 4.98 Å². The average molecular weight is 213 g/mol. The summed E-state index contributed by atoms with van der Waals surface area (Å²) in [6.07, 6.45) is 0.813. The average Bonchev–Trinajstić information content (AvgIpc) is 2.86. The first kappa shape index (κ1) is 10.1. The van der Waals surface area contributed by atoms with Crippen LogP contribution in [0.1, 0.15) is 29.0 Å². The Morgan fingerprint density at radius 3 is 3.07 bits per heavy atom. The fraction of sp³-hybridized carbons (Fsp3) is 0.625. The second-order valence-electron chi connectivity index (χ2n) is 3.32. The summed E-state index contributed by atoms with van der Waals surface area (Å²) in [6.45, 7) is 0.700. The van der Waals surface area contributed by atoms with Gasteiger partial charge in [0.15, 0.2) is 0 Å². The second-order valence-corrected chi connectivity index (χ2v) is 3.32. The van der Waals surface area contributed by atoms with Crippen molar-refractivity contribution in [2.75, 3.05) is 13.7 Å². The molecule has 1 aliphatic heterocycles. The van der Waals surface area contributed by atoms with Crippen molar-refractivity contribution in [2.45, 2.75) is 18.6 Å². The van der Waals surface area contributed by atoms with E-state index in [0.717, 1.165) is 0 Å². The molecule has 0 aliphatic carbocycles. The van der Waals surface area contributed by atoms with E-state index in [0.29, 0.717) is 18.9 Å². The molecule has 1 fully saturated rings. The van der Waals surface area contributed by atoms with Gasteiger partial charge in [-0.25, -0.2) is 4.79 Å². The number of methoxy groups -OCH3 is 1. The van der Waals surface area contributed by atoms with Crippen molar-refractivity contribution in [3.05, 3.63) is 11.7 Å². The van der Waals surface area contributed by atoms with Crippen LogP contribution in [0.5, 0.6) is 0 Å². The topological polar surface area (TPSA) is 97.5 Å². The molecule has 7 heteroatoms. The van der Waals surface area contributed by atoms with Crippen LogP contribution < -0.4 is 5.32 Å². The van der Waals surface area contributed by atoms with E-state index in [1.165, 1.54) is 0 Å². The largest absolute Gasteiger partial charge is 0.475 e. The molecular weight excluding hydrogens is 202 g/mol. The van der Waals surface area contributed by atoms with Gasteiger partial charge in [-0.3, -0.25) is 0 Å². The van der Waals surface area contributed by atoms with Crippen molar-refractivity contribution in [2.24, 2.45) is 0 Å². The minimum atomic E-state index is -1.19. The normalized spacial score (nSPS) is 25.7. The maximum absolute atomic E-state index is 10.5. The molecule has 2 N–H and O–H groups in total. The molecule has 0 amide bonds. The number of hydrogen-bond donors (Lipinski definition) is 2. The molecule has 0 aromatic carbocycles. The third-order valence-corrected chi connectivity index (χ3v) is 2.35. The number of carboxylic acid groups (broad SMARTS) is 1. The molecule has 7 nitrogen and oxygen atoms in total. The minimum absolute atomic E-state index is 0.107. The van der Waals surface area contributed by atoms with E-state index in [-0.39, 0.29) is 18.0 Å². The smallest absolute Gasteiger partial charge is 0.377 e. The zero-order valence-electron chi connectivity index (χ0n) is 8.14. The third kappa shape index (κ3) is 1.97. The molecule has 1 aromatic rings. The molecule has 0 bridgehead atoms. The summed E-state index contributed by atoms with van der Waals surface area (Å²) in [6, 6.07) is -0.115. The Morgan fingerprint density at radius 2 is 2.53 bits per heavy atom. The maximum atomic E-state index is 10.5. The summed E-state index contributed by atoms with van der Waals surface area (Å²) in [5.41, 5.74) is 0. The van der Waals surface area contributed by atoms with Crippen molar-refractivity contribution >= 4 is 5.97 Å². The van der Waals surface area contributed by atoms with Crippen molar-refractivity contribution in [1.82, 2.24) is 15.5 Å². The van der Waals surface area contributed by atoms with E-state index in [1.807, 2.05) is 0 Å². The zero-order chi connectivity index (χ0) is 10.8. The van der Waals surface area contributed by atoms with E-state index in [9.17, 15) is 4.79 Å². The fourth-order valence-electron chi connectivity index (χ4n) is 1.53. The summed E-state index contributed by atoms with van der Waals surface area (Å²) in [4.78, 5) is 14.3. The number of hydrogen-bond acceptors (Lipinski definition) is 6. The molecule has 15 heavy (non-hydrogen) atoms. The van der Waals surface area contributed by atoms with E-state index < -0.39 is 5.97 Å². The lowest BCUT2D eigenvalue weighted by atomic mass is 10.2. The van der Waals surface area contributed by atoms with E-state index in [1.54, 1.807) is 7.11 Å². The molecule has 2 rings (SSSR count). The van der Waals surface area contributed by atoms with E-state index in [2.05, 4.69) is 15.5 Å². The van der Waals surface area contributed by atoms with Gasteiger partial charge in [0.1, 0.15) is 0 Å². The zero-order valence-corrected chi connectivity index (χ0v) is 8.14. The molecule has 82 valence electrons. The first-order chi connectivity index (χ1) is 7.20. The second kappa shape index (κ2) is 3.95. The summed E-state index contributed by atoms with van der Waals surface area (Å²) in [5.74, 6) is -1.20. The van der Waals surface area contributed by atoms with Gasteiger partial charge in [-0.1, -0.05) is 0 Å². The van der Waals surface area contributed by atoms with Crippen LogP contribution in [-0.2, 0) is 4.74 Å². The van der Waals surface area contributed by atoms with Gasteiger partial charge < -0.3 is 19.7 Å². The Hall–Kier alpha value is -1.47. The third-order valence-electron chi connectivity index (χ3n) is 2.35. The maximum Gasteiger partial charge on any atom is 0.377 e. The summed E-state index contributed by atoms with van der Waals surface area (Å²) >= 11 is 0. The van der Waals surface area contributed by atoms with Crippen LogP contribution in [0.3, 0.4) is 0 Å². The molecule has 0 radical (unpaired) electrons. The van der Waals surface area contributed by atoms with Crippen LogP contribution in [-0.4, -0.2) is 41.0 Å². The molecule has 1 aromatic heterocycles. The molecular formula is C8H11N3O4.